The molecule has 0 aliphatic heterocycles. The van der Waals surface area contributed by atoms with Crippen molar-refractivity contribution in [3.63, 3.8) is 0 Å². The third-order valence-corrected chi connectivity index (χ3v) is 4.60. The van der Waals surface area contributed by atoms with Gasteiger partial charge in [-0.15, -0.1) is 0 Å². The molecule has 1 aromatic carbocycles. The van der Waals surface area contributed by atoms with Gasteiger partial charge in [-0.05, 0) is 61.1 Å². The summed E-state index contributed by atoms with van der Waals surface area (Å²) in [5, 5.41) is 3.65. The summed E-state index contributed by atoms with van der Waals surface area (Å²) in [6.45, 7) is 2.97. The van der Waals surface area contributed by atoms with Gasteiger partial charge in [-0.2, -0.15) is 0 Å². The molecular weight excluding hydrogens is 220 g/mol. The van der Waals surface area contributed by atoms with Crippen LogP contribution in [0.15, 0.2) is 24.3 Å². The minimum absolute atomic E-state index is 0.708. The van der Waals surface area contributed by atoms with E-state index in [1.165, 1.54) is 43.4 Å². The molecule has 0 unspecified atom stereocenters. The second kappa shape index (κ2) is 5.02. The Balaban J connectivity index is 1.45. The SMILES string of the molecule is NCCc1ccc(CNCC2(C3CC3)CC2)cc1. The Morgan fingerprint density at radius 1 is 1.11 bits per heavy atom. The summed E-state index contributed by atoms with van der Waals surface area (Å²) in [6.07, 6.45) is 6.86. The molecule has 0 bridgehead atoms. The van der Waals surface area contributed by atoms with Crippen LogP contribution in [-0.2, 0) is 13.0 Å². The van der Waals surface area contributed by atoms with Gasteiger partial charge >= 0.3 is 0 Å². The van der Waals surface area contributed by atoms with Gasteiger partial charge in [0.2, 0.25) is 0 Å². The van der Waals surface area contributed by atoms with E-state index in [9.17, 15) is 0 Å². The number of benzene rings is 1. The molecule has 1 aromatic rings. The molecule has 0 atom stereocenters. The number of rotatable bonds is 7. The predicted octanol–water partition coefficient (Wildman–Crippen LogP) is 2.47. The fourth-order valence-electron chi connectivity index (χ4n) is 3.03. The fraction of sp³-hybridized carbons (Fsp3) is 0.625. The summed E-state index contributed by atoms with van der Waals surface area (Å²) >= 11 is 0. The van der Waals surface area contributed by atoms with E-state index in [0.29, 0.717) is 5.41 Å². The second-order valence-corrected chi connectivity index (χ2v) is 6.10. The molecule has 2 aliphatic carbocycles. The van der Waals surface area contributed by atoms with Gasteiger partial charge in [-0.25, -0.2) is 0 Å². The molecule has 2 saturated carbocycles. The maximum absolute atomic E-state index is 5.56. The molecule has 2 heteroatoms. The van der Waals surface area contributed by atoms with Crippen molar-refractivity contribution in [2.45, 2.75) is 38.6 Å². The molecule has 0 aromatic heterocycles. The van der Waals surface area contributed by atoms with Crippen molar-refractivity contribution in [2.75, 3.05) is 13.1 Å². The van der Waals surface area contributed by atoms with Gasteiger partial charge in [0.05, 0.1) is 0 Å². The van der Waals surface area contributed by atoms with Crippen molar-refractivity contribution >= 4 is 0 Å². The third-order valence-electron chi connectivity index (χ3n) is 4.60. The van der Waals surface area contributed by atoms with Crippen molar-refractivity contribution in [1.82, 2.24) is 5.32 Å². The van der Waals surface area contributed by atoms with Gasteiger partial charge in [0.25, 0.3) is 0 Å². The lowest BCUT2D eigenvalue weighted by Gasteiger charge is -2.15. The highest BCUT2D eigenvalue weighted by atomic mass is 14.9. The van der Waals surface area contributed by atoms with Gasteiger partial charge in [0.15, 0.2) is 0 Å². The lowest BCUT2D eigenvalue weighted by atomic mass is 10.0. The first-order chi connectivity index (χ1) is 8.82. The summed E-state index contributed by atoms with van der Waals surface area (Å²) in [6, 6.07) is 8.87. The Hall–Kier alpha value is -0.860. The number of hydrogen-bond acceptors (Lipinski definition) is 2. The summed E-state index contributed by atoms with van der Waals surface area (Å²) in [5.74, 6) is 1.05. The molecule has 98 valence electrons. The van der Waals surface area contributed by atoms with Gasteiger partial charge in [0, 0.05) is 13.1 Å². The summed E-state index contributed by atoms with van der Waals surface area (Å²) in [5.41, 5.74) is 9.00. The Morgan fingerprint density at radius 2 is 1.78 bits per heavy atom. The predicted molar refractivity (Wildman–Crippen MR) is 75.3 cm³/mol. The molecule has 3 rings (SSSR count). The number of nitrogens with two attached hydrogens (primary N) is 1. The highest BCUT2D eigenvalue weighted by molar-refractivity contribution is 5.22. The van der Waals surface area contributed by atoms with E-state index in [4.69, 9.17) is 5.73 Å². The average Bonchev–Trinajstić information content (AvgIpc) is 3.26. The zero-order valence-electron chi connectivity index (χ0n) is 11.1. The molecule has 0 spiro atoms. The fourth-order valence-corrected chi connectivity index (χ4v) is 3.03. The van der Waals surface area contributed by atoms with E-state index in [1.54, 1.807) is 0 Å². The summed E-state index contributed by atoms with van der Waals surface area (Å²) < 4.78 is 0. The van der Waals surface area contributed by atoms with Crippen molar-refractivity contribution in [3.8, 4) is 0 Å². The van der Waals surface area contributed by atoms with E-state index in [-0.39, 0.29) is 0 Å². The minimum Gasteiger partial charge on any atom is -0.330 e. The minimum atomic E-state index is 0.708. The average molecular weight is 244 g/mol. The Morgan fingerprint density at radius 3 is 2.33 bits per heavy atom. The first kappa shape index (κ1) is 12.2. The maximum atomic E-state index is 5.56. The first-order valence-electron chi connectivity index (χ1n) is 7.31. The van der Waals surface area contributed by atoms with Crippen molar-refractivity contribution < 1.29 is 0 Å². The van der Waals surface area contributed by atoms with Crippen molar-refractivity contribution in [3.05, 3.63) is 35.4 Å². The van der Waals surface area contributed by atoms with Gasteiger partial charge in [-0.1, -0.05) is 24.3 Å². The summed E-state index contributed by atoms with van der Waals surface area (Å²) in [4.78, 5) is 0. The van der Waals surface area contributed by atoms with Gasteiger partial charge < -0.3 is 11.1 Å². The normalized spacial score (nSPS) is 20.9. The largest absolute Gasteiger partial charge is 0.330 e. The zero-order valence-corrected chi connectivity index (χ0v) is 11.1. The topological polar surface area (TPSA) is 38.0 Å². The lowest BCUT2D eigenvalue weighted by Crippen LogP contribution is -2.25. The molecule has 2 aliphatic rings. The van der Waals surface area contributed by atoms with Crippen LogP contribution in [0.3, 0.4) is 0 Å². The smallest absolute Gasteiger partial charge is 0.0205 e. The highest BCUT2D eigenvalue weighted by Gasteiger charge is 2.53. The van der Waals surface area contributed by atoms with E-state index in [1.807, 2.05) is 0 Å². The van der Waals surface area contributed by atoms with Crippen LogP contribution in [-0.4, -0.2) is 13.1 Å². The van der Waals surface area contributed by atoms with Gasteiger partial charge in [-0.3, -0.25) is 0 Å². The molecule has 0 saturated heterocycles. The molecule has 3 N–H and O–H groups in total. The van der Waals surface area contributed by atoms with E-state index in [2.05, 4.69) is 29.6 Å². The van der Waals surface area contributed by atoms with Crippen molar-refractivity contribution in [2.24, 2.45) is 17.1 Å². The zero-order chi connectivity index (χ0) is 12.4. The van der Waals surface area contributed by atoms with Crippen LogP contribution < -0.4 is 11.1 Å². The molecule has 2 nitrogen and oxygen atoms in total. The van der Waals surface area contributed by atoms with Gasteiger partial charge in [0.1, 0.15) is 0 Å². The molecule has 0 radical (unpaired) electrons. The lowest BCUT2D eigenvalue weighted by molar-refractivity contribution is 0.403. The molecule has 18 heavy (non-hydrogen) atoms. The number of nitrogens with one attached hydrogen (secondary N) is 1. The van der Waals surface area contributed by atoms with E-state index >= 15 is 0 Å². The Labute approximate surface area is 110 Å². The number of hydrogen-bond donors (Lipinski definition) is 2. The van der Waals surface area contributed by atoms with Crippen LogP contribution in [0.25, 0.3) is 0 Å². The maximum Gasteiger partial charge on any atom is 0.0205 e. The van der Waals surface area contributed by atoms with Crippen LogP contribution in [0.5, 0.6) is 0 Å². The second-order valence-electron chi connectivity index (χ2n) is 6.10. The Bertz CT molecular complexity index is 388. The standard InChI is InChI=1S/C16H24N2/c17-10-7-13-1-3-14(4-2-13)11-18-12-16(8-9-16)15-5-6-15/h1-4,15,18H,5-12,17H2. The van der Waals surface area contributed by atoms with Crippen LogP contribution in [0.1, 0.15) is 36.8 Å². The van der Waals surface area contributed by atoms with Crippen LogP contribution in [0.2, 0.25) is 0 Å². The molecule has 0 heterocycles. The third kappa shape index (κ3) is 2.76. The molecule has 0 amide bonds. The van der Waals surface area contributed by atoms with E-state index < -0.39 is 0 Å². The quantitative estimate of drug-likeness (QED) is 0.773. The monoisotopic (exact) mass is 244 g/mol. The van der Waals surface area contributed by atoms with Crippen LogP contribution in [0, 0.1) is 11.3 Å². The van der Waals surface area contributed by atoms with Crippen LogP contribution in [0.4, 0.5) is 0 Å². The van der Waals surface area contributed by atoms with E-state index in [0.717, 1.165) is 25.4 Å². The highest BCUT2D eigenvalue weighted by Crippen LogP contribution is 2.60. The Kier molecular flexibility index (Phi) is 3.40. The molecular formula is C16H24N2. The van der Waals surface area contributed by atoms with Crippen molar-refractivity contribution in [1.29, 1.82) is 0 Å². The summed E-state index contributed by atoms with van der Waals surface area (Å²) in [7, 11) is 0. The molecule has 2 fully saturated rings. The van der Waals surface area contributed by atoms with Crippen LogP contribution >= 0.6 is 0 Å². The first-order valence-corrected chi connectivity index (χ1v) is 7.31.